The molecule has 0 aromatic rings. The van der Waals surface area contributed by atoms with E-state index in [9.17, 15) is 0 Å². The fourth-order valence-corrected chi connectivity index (χ4v) is 2.01. The van der Waals surface area contributed by atoms with Gasteiger partial charge in [0, 0.05) is 0 Å². The summed E-state index contributed by atoms with van der Waals surface area (Å²) in [6, 6.07) is 0. The first-order valence-corrected chi connectivity index (χ1v) is 5.94. The van der Waals surface area contributed by atoms with E-state index in [1.807, 2.05) is 0 Å². The Balaban J connectivity index is 0.000000133. The van der Waals surface area contributed by atoms with Crippen molar-refractivity contribution in [2.24, 2.45) is 17.8 Å². The van der Waals surface area contributed by atoms with Crippen LogP contribution in [0.3, 0.4) is 0 Å². The molecule has 0 radical (unpaired) electrons. The third-order valence-corrected chi connectivity index (χ3v) is 3.56. The van der Waals surface area contributed by atoms with E-state index in [1.54, 1.807) is 0 Å². The lowest BCUT2D eigenvalue weighted by Crippen LogP contribution is -1.85. The van der Waals surface area contributed by atoms with Crippen molar-refractivity contribution in [2.75, 3.05) is 0 Å². The minimum atomic E-state index is 0.935. The molecule has 2 aliphatic rings. The molecule has 76 valence electrons. The van der Waals surface area contributed by atoms with Crippen LogP contribution < -0.4 is 0 Å². The first-order valence-electron chi connectivity index (χ1n) is 5.94. The van der Waals surface area contributed by atoms with Crippen molar-refractivity contribution in [3.63, 3.8) is 0 Å². The molecule has 2 aliphatic carbocycles. The third kappa shape index (κ3) is 3.54. The first kappa shape index (κ1) is 10.8. The predicted molar refractivity (Wildman–Crippen MR) is 59.7 cm³/mol. The predicted octanol–water partition coefficient (Wildman–Crippen LogP) is 4.42. The van der Waals surface area contributed by atoms with Gasteiger partial charge in [-0.25, -0.2) is 0 Å². The molecule has 2 atom stereocenters. The van der Waals surface area contributed by atoms with E-state index in [-0.39, 0.29) is 0 Å². The molecular formula is C13H24. The highest BCUT2D eigenvalue weighted by Gasteiger charge is 2.25. The van der Waals surface area contributed by atoms with Gasteiger partial charge >= 0.3 is 0 Å². The quantitative estimate of drug-likeness (QED) is 0.552. The van der Waals surface area contributed by atoms with E-state index < -0.39 is 0 Å². The van der Waals surface area contributed by atoms with Crippen molar-refractivity contribution in [3.05, 3.63) is 12.2 Å². The number of rotatable bonds is 2. The van der Waals surface area contributed by atoms with Gasteiger partial charge in [0.1, 0.15) is 0 Å². The molecule has 0 saturated heterocycles. The number of hydrogen-bond acceptors (Lipinski definition) is 0. The molecule has 2 unspecified atom stereocenters. The highest BCUT2D eigenvalue weighted by atomic mass is 14.3. The normalized spacial score (nSPS) is 29.2. The molecule has 1 fully saturated rings. The Hall–Kier alpha value is -0.260. The van der Waals surface area contributed by atoms with Gasteiger partial charge < -0.3 is 0 Å². The largest absolute Gasteiger partial charge is 0.0851 e. The smallest absolute Gasteiger partial charge is 0.0228 e. The minimum Gasteiger partial charge on any atom is -0.0851 e. The van der Waals surface area contributed by atoms with Gasteiger partial charge in [-0.05, 0) is 37.0 Å². The highest BCUT2D eigenvalue weighted by molar-refractivity contribution is 5.06. The Morgan fingerprint density at radius 3 is 1.62 bits per heavy atom. The third-order valence-electron chi connectivity index (χ3n) is 3.56. The molecule has 0 nitrogen and oxygen atoms in total. The molecule has 0 amide bonds. The summed E-state index contributed by atoms with van der Waals surface area (Å²) in [5.41, 5.74) is 0. The summed E-state index contributed by atoms with van der Waals surface area (Å²) in [4.78, 5) is 0. The van der Waals surface area contributed by atoms with E-state index in [2.05, 4.69) is 32.9 Å². The van der Waals surface area contributed by atoms with Gasteiger partial charge in [0.25, 0.3) is 0 Å². The molecule has 0 aromatic heterocycles. The Morgan fingerprint density at radius 2 is 1.54 bits per heavy atom. The van der Waals surface area contributed by atoms with Gasteiger partial charge in [-0.1, -0.05) is 45.8 Å². The van der Waals surface area contributed by atoms with E-state index in [0.29, 0.717) is 0 Å². The molecular weight excluding hydrogens is 156 g/mol. The lowest BCUT2D eigenvalue weighted by Gasteiger charge is -1.98. The van der Waals surface area contributed by atoms with Crippen LogP contribution in [-0.4, -0.2) is 0 Å². The van der Waals surface area contributed by atoms with Gasteiger partial charge in [0.05, 0.1) is 0 Å². The fourth-order valence-electron chi connectivity index (χ4n) is 2.01. The maximum Gasteiger partial charge on any atom is -0.0228 e. The second-order valence-corrected chi connectivity index (χ2v) is 4.64. The molecule has 2 rings (SSSR count). The van der Waals surface area contributed by atoms with Crippen LogP contribution in [0.5, 0.6) is 0 Å². The minimum absolute atomic E-state index is 0.935. The van der Waals surface area contributed by atoms with Gasteiger partial charge in [-0.2, -0.15) is 0 Å². The molecule has 13 heavy (non-hydrogen) atoms. The first-order chi connectivity index (χ1) is 6.26. The molecule has 0 spiro atoms. The van der Waals surface area contributed by atoms with Crippen LogP contribution in [0.15, 0.2) is 12.2 Å². The molecule has 1 saturated carbocycles. The van der Waals surface area contributed by atoms with E-state index in [1.165, 1.54) is 32.1 Å². The zero-order valence-electron chi connectivity index (χ0n) is 9.42. The molecule has 0 heteroatoms. The average Bonchev–Trinajstić information content (AvgIpc) is 2.81. The monoisotopic (exact) mass is 180 g/mol. The van der Waals surface area contributed by atoms with Gasteiger partial charge in [0.15, 0.2) is 0 Å². The topological polar surface area (TPSA) is 0 Å². The Bertz CT molecular complexity index is 141. The van der Waals surface area contributed by atoms with E-state index >= 15 is 0 Å². The maximum absolute atomic E-state index is 2.38. The van der Waals surface area contributed by atoms with Crippen molar-refractivity contribution in [1.82, 2.24) is 0 Å². The summed E-state index contributed by atoms with van der Waals surface area (Å²) < 4.78 is 0. The van der Waals surface area contributed by atoms with Crippen LogP contribution in [0.2, 0.25) is 0 Å². The average molecular weight is 180 g/mol. The van der Waals surface area contributed by atoms with Gasteiger partial charge in [0.2, 0.25) is 0 Å². The fraction of sp³-hybridized carbons (Fsp3) is 0.846. The molecule has 0 N–H and O–H groups in total. The van der Waals surface area contributed by atoms with Crippen LogP contribution in [0, 0.1) is 17.8 Å². The maximum atomic E-state index is 2.38. The summed E-state index contributed by atoms with van der Waals surface area (Å²) in [6.45, 7) is 6.74. The lowest BCUT2D eigenvalue weighted by atomic mass is 10.1. The zero-order chi connectivity index (χ0) is 9.68. The van der Waals surface area contributed by atoms with Crippen molar-refractivity contribution >= 4 is 0 Å². The van der Waals surface area contributed by atoms with Crippen molar-refractivity contribution in [2.45, 2.75) is 52.9 Å². The van der Waals surface area contributed by atoms with Gasteiger partial charge in [-0.3, -0.25) is 0 Å². The summed E-state index contributed by atoms with van der Waals surface area (Å²) >= 11 is 0. The lowest BCUT2D eigenvalue weighted by molar-refractivity contribution is 0.544. The summed E-state index contributed by atoms with van der Waals surface area (Å²) in [7, 11) is 0. The van der Waals surface area contributed by atoms with Crippen LogP contribution >= 0.6 is 0 Å². The number of allylic oxidation sites excluding steroid dienone is 2. The second-order valence-electron chi connectivity index (χ2n) is 4.64. The Labute approximate surface area is 83.4 Å². The van der Waals surface area contributed by atoms with Crippen molar-refractivity contribution < 1.29 is 0 Å². The summed E-state index contributed by atoms with van der Waals surface area (Å²) in [5.74, 6) is 2.92. The molecule has 0 aliphatic heterocycles. The van der Waals surface area contributed by atoms with Gasteiger partial charge in [-0.15, -0.1) is 0 Å². The highest BCUT2D eigenvalue weighted by Crippen LogP contribution is 2.38. The number of fused-ring (bicyclic) bond motifs is 2. The Morgan fingerprint density at radius 1 is 1.08 bits per heavy atom. The summed E-state index contributed by atoms with van der Waals surface area (Å²) in [6.07, 6.45) is 11.8. The van der Waals surface area contributed by atoms with E-state index in [4.69, 9.17) is 0 Å². The molecule has 0 aromatic carbocycles. The SMILES string of the molecule is C1=CC2CCC1C2.CCC(C)CC. The van der Waals surface area contributed by atoms with Crippen molar-refractivity contribution in [1.29, 1.82) is 0 Å². The zero-order valence-corrected chi connectivity index (χ0v) is 9.42. The van der Waals surface area contributed by atoms with Crippen LogP contribution in [0.4, 0.5) is 0 Å². The number of hydrogen-bond donors (Lipinski definition) is 0. The Kier molecular flexibility index (Phi) is 4.55. The standard InChI is InChI=1S/C7H10.C6H14/c1-2-7-4-3-6(1)5-7;1-4-6(3)5-2/h1-2,6-7H,3-5H2;6H,4-5H2,1-3H3. The second kappa shape index (κ2) is 5.47. The van der Waals surface area contributed by atoms with Crippen LogP contribution in [-0.2, 0) is 0 Å². The molecule has 2 bridgehead atoms. The van der Waals surface area contributed by atoms with Crippen molar-refractivity contribution in [3.8, 4) is 0 Å². The molecule has 0 heterocycles. The summed E-state index contributed by atoms with van der Waals surface area (Å²) in [5, 5.41) is 0. The van der Waals surface area contributed by atoms with E-state index in [0.717, 1.165) is 17.8 Å². The van der Waals surface area contributed by atoms with Crippen LogP contribution in [0.25, 0.3) is 0 Å². The van der Waals surface area contributed by atoms with Crippen LogP contribution in [0.1, 0.15) is 52.9 Å².